The maximum Gasteiger partial charge on any atom is 0.418 e. The van der Waals surface area contributed by atoms with Crippen LogP contribution < -0.4 is 10.1 Å². The minimum atomic E-state index is -4.76. The van der Waals surface area contributed by atoms with Crippen LogP contribution in [0.4, 0.5) is 22.4 Å². The number of rotatable bonds is 5. The summed E-state index contributed by atoms with van der Waals surface area (Å²) in [6, 6.07) is 15.8. The van der Waals surface area contributed by atoms with Crippen molar-refractivity contribution in [1.82, 2.24) is 10.3 Å². The summed E-state index contributed by atoms with van der Waals surface area (Å²) in [6.07, 6.45) is -5.49. The fraction of sp³-hybridized carbons (Fsp3) is 0.200. The van der Waals surface area contributed by atoms with E-state index < -0.39 is 35.1 Å². The Morgan fingerprint density at radius 3 is 2.50 bits per heavy atom. The topological polar surface area (TPSA) is 60.5 Å². The van der Waals surface area contributed by atoms with Crippen molar-refractivity contribution in [2.75, 3.05) is 0 Å². The number of amides is 1. The van der Waals surface area contributed by atoms with Crippen LogP contribution in [-0.2, 0) is 17.8 Å². The first-order chi connectivity index (χ1) is 16.0. The Morgan fingerprint density at radius 1 is 1.18 bits per heavy atom. The average Bonchev–Trinajstić information content (AvgIpc) is 3.12. The third-order valence-corrected chi connectivity index (χ3v) is 5.25. The van der Waals surface area contributed by atoms with Crippen molar-refractivity contribution in [3.63, 3.8) is 0 Å². The van der Waals surface area contributed by atoms with Crippen LogP contribution in [0.1, 0.15) is 23.7 Å². The summed E-state index contributed by atoms with van der Waals surface area (Å²) in [5.74, 6) is -0.613. The number of fused-ring (bicyclic) bond motifs is 1. The van der Waals surface area contributed by atoms with Gasteiger partial charge < -0.3 is 9.47 Å². The van der Waals surface area contributed by atoms with Gasteiger partial charge in [-0.25, -0.2) is 14.2 Å². The number of carbonyl (C=O) groups excluding carboxylic acids is 1. The average molecular weight is 472 g/mol. The number of carbonyl (C=O) groups is 1. The fourth-order valence-corrected chi connectivity index (χ4v) is 3.61. The highest BCUT2D eigenvalue weighted by molar-refractivity contribution is 5.75. The molecular formula is C25H20F4N2O3. The van der Waals surface area contributed by atoms with Gasteiger partial charge in [-0.05, 0) is 42.8 Å². The number of nitrogens with one attached hydrogen (secondary N) is 1. The van der Waals surface area contributed by atoms with Crippen LogP contribution in [0.2, 0.25) is 0 Å². The van der Waals surface area contributed by atoms with E-state index in [-0.39, 0.29) is 24.5 Å². The second-order valence-corrected chi connectivity index (χ2v) is 8.02. The molecule has 1 aromatic heterocycles. The fourth-order valence-electron chi connectivity index (χ4n) is 3.61. The number of nitrogens with zero attached hydrogens (tertiary/aromatic N) is 1. The van der Waals surface area contributed by atoms with E-state index in [4.69, 9.17) is 9.47 Å². The molecule has 3 aromatic rings. The predicted octanol–water partition coefficient (Wildman–Crippen LogP) is 6.04. The minimum Gasteiger partial charge on any atom is -0.465 e. The van der Waals surface area contributed by atoms with Crippen molar-refractivity contribution < 1.29 is 31.8 Å². The molecular weight excluding hydrogens is 452 g/mol. The lowest BCUT2D eigenvalue weighted by atomic mass is 10.0. The van der Waals surface area contributed by atoms with E-state index in [1.807, 2.05) is 6.07 Å². The molecule has 0 saturated heterocycles. The number of benzene rings is 2. The standard InChI is InChI=1S/C25H20F4N2O3/c1-15(25(27,28)29)21-22-18(12-20(30-21)17-8-10-19(26)11-9-17)13-24(2,34-22)31-23(32)33-14-16-6-4-3-5-7-16/h3-12H,1,13-14H2,2H3,(H,31,32). The zero-order chi connectivity index (χ0) is 24.5. The van der Waals surface area contributed by atoms with E-state index in [0.29, 0.717) is 11.1 Å². The van der Waals surface area contributed by atoms with Crippen LogP contribution in [0.15, 0.2) is 67.2 Å². The zero-order valence-corrected chi connectivity index (χ0v) is 18.1. The molecule has 0 radical (unpaired) electrons. The number of alkyl halides is 3. The van der Waals surface area contributed by atoms with Gasteiger partial charge in [-0.15, -0.1) is 0 Å². The highest BCUT2D eigenvalue weighted by atomic mass is 19.4. The summed E-state index contributed by atoms with van der Waals surface area (Å²) < 4.78 is 64.9. The monoisotopic (exact) mass is 472 g/mol. The highest BCUT2D eigenvalue weighted by Gasteiger charge is 2.43. The molecule has 1 aliphatic heterocycles. The molecule has 0 aliphatic carbocycles. The van der Waals surface area contributed by atoms with Crippen molar-refractivity contribution in [1.29, 1.82) is 0 Å². The van der Waals surface area contributed by atoms with E-state index in [1.165, 1.54) is 31.2 Å². The van der Waals surface area contributed by atoms with Gasteiger partial charge in [-0.2, -0.15) is 13.2 Å². The molecule has 2 aromatic carbocycles. The van der Waals surface area contributed by atoms with Crippen LogP contribution in [0.25, 0.3) is 16.8 Å². The number of allylic oxidation sites excluding steroid dienone is 1. The molecule has 0 fully saturated rings. The highest BCUT2D eigenvalue weighted by Crippen LogP contribution is 2.44. The summed E-state index contributed by atoms with van der Waals surface area (Å²) in [5, 5.41) is 2.57. The van der Waals surface area contributed by atoms with E-state index in [0.717, 1.165) is 5.56 Å². The van der Waals surface area contributed by atoms with Crippen LogP contribution in [0.3, 0.4) is 0 Å². The number of pyridine rings is 1. The molecule has 1 N–H and O–H groups in total. The zero-order valence-electron chi connectivity index (χ0n) is 18.1. The Balaban J connectivity index is 1.61. The molecule has 34 heavy (non-hydrogen) atoms. The molecule has 4 rings (SSSR count). The predicted molar refractivity (Wildman–Crippen MR) is 117 cm³/mol. The van der Waals surface area contributed by atoms with Crippen LogP contribution in [-0.4, -0.2) is 23.0 Å². The molecule has 2 heterocycles. The van der Waals surface area contributed by atoms with Gasteiger partial charge in [0.25, 0.3) is 0 Å². The third kappa shape index (κ3) is 5.03. The first-order valence-corrected chi connectivity index (χ1v) is 10.3. The lowest BCUT2D eigenvalue weighted by Gasteiger charge is -2.25. The number of alkyl carbamates (subject to hydrolysis) is 1. The Bertz CT molecular complexity index is 1230. The van der Waals surface area contributed by atoms with Crippen LogP contribution >= 0.6 is 0 Å². The van der Waals surface area contributed by atoms with Gasteiger partial charge in [0.2, 0.25) is 0 Å². The quantitative estimate of drug-likeness (QED) is 0.460. The van der Waals surface area contributed by atoms with Crippen LogP contribution in [0, 0.1) is 5.82 Å². The van der Waals surface area contributed by atoms with Crippen molar-refractivity contribution in [3.8, 4) is 17.0 Å². The molecule has 9 heteroatoms. The first kappa shape index (κ1) is 23.3. The second-order valence-electron chi connectivity index (χ2n) is 8.02. The van der Waals surface area contributed by atoms with Gasteiger partial charge >= 0.3 is 12.3 Å². The molecule has 5 nitrogen and oxygen atoms in total. The third-order valence-electron chi connectivity index (χ3n) is 5.25. The van der Waals surface area contributed by atoms with Gasteiger partial charge in [-0.1, -0.05) is 36.9 Å². The molecule has 176 valence electrons. The molecule has 1 aliphatic rings. The number of ether oxygens (including phenoxy) is 2. The molecule has 0 spiro atoms. The van der Waals surface area contributed by atoms with Crippen LogP contribution in [0.5, 0.6) is 5.75 Å². The summed E-state index contributed by atoms with van der Waals surface area (Å²) in [6.45, 7) is 4.69. The Hall–Kier alpha value is -3.88. The summed E-state index contributed by atoms with van der Waals surface area (Å²) in [4.78, 5) is 16.5. The number of aromatic nitrogens is 1. The maximum atomic E-state index is 13.5. The normalized spacial score (nSPS) is 17.0. The SMILES string of the molecule is C=C(c1nc(-c2ccc(F)cc2)cc2c1OC(C)(NC(=O)OCc1ccccc1)C2)C(F)(F)F. The second kappa shape index (κ2) is 8.81. The first-order valence-electron chi connectivity index (χ1n) is 10.3. The Morgan fingerprint density at radius 2 is 1.85 bits per heavy atom. The van der Waals surface area contributed by atoms with Crippen molar-refractivity contribution in [2.45, 2.75) is 31.9 Å². The van der Waals surface area contributed by atoms with Gasteiger partial charge in [0.05, 0.1) is 11.3 Å². The van der Waals surface area contributed by atoms with Gasteiger partial charge in [0.1, 0.15) is 18.1 Å². The van der Waals surface area contributed by atoms with Gasteiger partial charge in [0, 0.05) is 17.5 Å². The maximum absolute atomic E-state index is 13.5. The summed E-state index contributed by atoms with van der Waals surface area (Å²) in [7, 11) is 0. The van der Waals surface area contributed by atoms with E-state index in [2.05, 4.69) is 16.9 Å². The smallest absolute Gasteiger partial charge is 0.418 e. The van der Waals surface area contributed by atoms with E-state index in [1.54, 1.807) is 30.3 Å². The lowest BCUT2D eigenvalue weighted by Crippen LogP contribution is -2.49. The lowest BCUT2D eigenvalue weighted by molar-refractivity contribution is -0.0691. The Kier molecular flexibility index (Phi) is 6.03. The minimum absolute atomic E-state index is 0.0160. The van der Waals surface area contributed by atoms with E-state index in [9.17, 15) is 22.4 Å². The summed E-state index contributed by atoms with van der Waals surface area (Å²) in [5.41, 5.74) is -1.28. The number of hydrogen-bond donors (Lipinski definition) is 1. The van der Waals surface area contributed by atoms with E-state index >= 15 is 0 Å². The van der Waals surface area contributed by atoms with Crippen molar-refractivity contribution in [2.24, 2.45) is 0 Å². The summed E-state index contributed by atoms with van der Waals surface area (Å²) >= 11 is 0. The molecule has 1 atom stereocenters. The number of halogens is 4. The molecule has 0 bridgehead atoms. The van der Waals surface area contributed by atoms with Gasteiger partial charge in [0.15, 0.2) is 11.5 Å². The van der Waals surface area contributed by atoms with Crippen molar-refractivity contribution in [3.05, 3.63) is 89.9 Å². The largest absolute Gasteiger partial charge is 0.465 e. The Labute approximate surface area is 193 Å². The number of hydrogen-bond acceptors (Lipinski definition) is 4. The van der Waals surface area contributed by atoms with Gasteiger partial charge in [-0.3, -0.25) is 5.32 Å². The van der Waals surface area contributed by atoms with Crippen molar-refractivity contribution >= 4 is 11.7 Å². The molecule has 0 saturated carbocycles. The molecule has 1 amide bonds. The molecule has 1 unspecified atom stereocenters.